The smallest absolute Gasteiger partial charge is 0.337 e. The van der Waals surface area contributed by atoms with Crippen molar-refractivity contribution in [3.05, 3.63) is 54.1 Å². The number of carbonyl (C=O) groups is 1. The van der Waals surface area contributed by atoms with Crippen LogP contribution in [-0.2, 0) is 14.8 Å². The quantitative estimate of drug-likeness (QED) is 0.784. The molecule has 6 nitrogen and oxygen atoms in total. The van der Waals surface area contributed by atoms with Gasteiger partial charge in [0, 0.05) is 7.05 Å². The highest BCUT2D eigenvalue weighted by Crippen LogP contribution is 2.24. The molecule has 122 valence electrons. The van der Waals surface area contributed by atoms with E-state index in [4.69, 9.17) is 4.74 Å². The largest absolute Gasteiger partial charge is 0.497 e. The summed E-state index contributed by atoms with van der Waals surface area (Å²) in [5.41, 5.74) is 0.792. The summed E-state index contributed by atoms with van der Waals surface area (Å²) >= 11 is 0. The Morgan fingerprint density at radius 2 is 1.52 bits per heavy atom. The third kappa shape index (κ3) is 3.45. The molecule has 0 heterocycles. The van der Waals surface area contributed by atoms with E-state index in [2.05, 4.69) is 4.74 Å². The molecule has 0 bridgehead atoms. The van der Waals surface area contributed by atoms with E-state index in [9.17, 15) is 13.2 Å². The average Bonchev–Trinajstić information content (AvgIpc) is 2.60. The molecule has 23 heavy (non-hydrogen) atoms. The van der Waals surface area contributed by atoms with Gasteiger partial charge in [0.05, 0.1) is 30.4 Å². The minimum atomic E-state index is -3.69. The second-order valence-corrected chi connectivity index (χ2v) is 6.66. The van der Waals surface area contributed by atoms with Gasteiger partial charge in [-0.15, -0.1) is 0 Å². The summed E-state index contributed by atoms with van der Waals surface area (Å²) in [7, 11) is 0.558. The van der Waals surface area contributed by atoms with E-state index in [1.165, 1.54) is 45.5 Å². The summed E-state index contributed by atoms with van der Waals surface area (Å²) in [5.74, 6) is 0.103. The molecule has 2 rings (SSSR count). The highest BCUT2D eigenvalue weighted by atomic mass is 32.2. The van der Waals surface area contributed by atoms with E-state index in [-0.39, 0.29) is 4.90 Å². The molecule has 0 saturated heterocycles. The first-order valence-electron chi connectivity index (χ1n) is 6.71. The normalized spacial score (nSPS) is 10.9. The zero-order chi connectivity index (χ0) is 17.0. The molecule has 0 N–H and O–H groups in total. The van der Waals surface area contributed by atoms with Gasteiger partial charge in [0.1, 0.15) is 5.75 Å². The van der Waals surface area contributed by atoms with Gasteiger partial charge in [0.25, 0.3) is 10.0 Å². The number of methoxy groups -OCH3 is 2. The van der Waals surface area contributed by atoms with Crippen LogP contribution in [0.15, 0.2) is 53.4 Å². The lowest BCUT2D eigenvalue weighted by Crippen LogP contribution is -2.26. The minimum Gasteiger partial charge on any atom is -0.497 e. The summed E-state index contributed by atoms with van der Waals surface area (Å²) in [4.78, 5) is 11.6. The Hall–Kier alpha value is -2.54. The Kier molecular flexibility index (Phi) is 4.90. The lowest BCUT2D eigenvalue weighted by molar-refractivity contribution is 0.0601. The summed E-state index contributed by atoms with van der Waals surface area (Å²) in [6.45, 7) is 0. The van der Waals surface area contributed by atoms with Crippen LogP contribution in [0.3, 0.4) is 0 Å². The van der Waals surface area contributed by atoms with E-state index >= 15 is 0 Å². The maximum absolute atomic E-state index is 12.6. The predicted octanol–water partition coefficient (Wildman–Crippen LogP) is 2.31. The van der Waals surface area contributed by atoms with Crippen molar-refractivity contribution in [3.8, 4) is 5.75 Å². The van der Waals surface area contributed by atoms with Gasteiger partial charge in [-0.25, -0.2) is 13.2 Å². The zero-order valence-electron chi connectivity index (χ0n) is 13.0. The minimum absolute atomic E-state index is 0.151. The highest BCUT2D eigenvalue weighted by molar-refractivity contribution is 7.92. The molecule has 0 saturated carbocycles. The van der Waals surface area contributed by atoms with Crippen molar-refractivity contribution in [2.45, 2.75) is 4.90 Å². The van der Waals surface area contributed by atoms with Gasteiger partial charge in [-0.05, 0) is 48.5 Å². The highest BCUT2D eigenvalue weighted by Gasteiger charge is 2.21. The van der Waals surface area contributed by atoms with Gasteiger partial charge in [-0.3, -0.25) is 4.31 Å². The van der Waals surface area contributed by atoms with Crippen molar-refractivity contribution in [2.24, 2.45) is 0 Å². The molecule has 0 unspecified atom stereocenters. The van der Waals surface area contributed by atoms with Crippen LogP contribution in [0.2, 0.25) is 0 Å². The van der Waals surface area contributed by atoms with Gasteiger partial charge >= 0.3 is 5.97 Å². The van der Waals surface area contributed by atoms with E-state index < -0.39 is 16.0 Å². The fraction of sp³-hybridized carbons (Fsp3) is 0.188. The Morgan fingerprint density at radius 3 is 2.00 bits per heavy atom. The van der Waals surface area contributed by atoms with Crippen LogP contribution in [0, 0.1) is 0 Å². The van der Waals surface area contributed by atoms with Crippen LogP contribution in [0.1, 0.15) is 10.4 Å². The van der Waals surface area contributed by atoms with Gasteiger partial charge in [0.2, 0.25) is 0 Å². The number of benzene rings is 2. The second kappa shape index (κ2) is 6.70. The maximum atomic E-state index is 12.6. The number of hydrogen-bond donors (Lipinski definition) is 0. The van der Waals surface area contributed by atoms with E-state index in [0.29, 0.717) is 17.0 Å². The first kappa shape index (κ1) is 16.8. The van der Waals surface area contributed by atoms with Crippen molar-refractivity contribution in [2.75, 3.05) is 25.6 Å². The van der Waals surface area contributed by atoms with Gasteiger partial charge in [-0.1, -0.05) is 0 Å². The summed E-state index contributed by atoms with van der Waals surface area (Å²) < 4.78 is 36.0. The number of hydrogen-bond acceptors (Lipinski definition) is 5. The van der Waals surface area contributed by atoms with Gasteiger partial charge in [-0.2, -0.15) is 0 Å². The zero-order valence-corrected chi connectivity index (χ0v) is 13.8. The number of carbonyl (C=O) groups excluding carboxylic acids is 1. The summed E-state index contributed by atoms with van der Waals surface area (Å²) in [6, 6.07) is 12.3. The molecule has 0 spiro atoms. The molecular formula is C16H17NO5S. The molecular weight excluding hydrogens is 318 g/mol. The number of nitrogens with zero attached hydrogens (tertiary/aromatic N) is 1. The lowest BCUT2D eigenvalue weighted by Gasteiger charge is -2.19. The average molecular weight is 335 g/mol. The predicted molar refractivity (Wildman–Crippen MR) is 86.4 cm³/mol. The topological polar surface area (TPSA) is 72.9 Å². The third-order valence-corrected chi connectivity index (χ3v) is 5.17. The molecule has 0 amide bonds. The third-order valence-electron chi connectivity index (χ3n) is 3.37. The first-order chi connectivity index (χ1) is 10.9. The van der Waals surface area contributed by atoms with E-state index in [1.807, 2.05) is 0 Å². The Labute approximate surface area is 135 Å². The monoisotopic (exact) mass is 335 g/mol. The number of sulfonamides is 1. The van der Waals surface area contributed by atoms with Crippen molar-refractivity contribution >= 4 is 21.7 Å². The standard InChI is InChI=1S/C16H17NO5S/c1-17(13-6-4-12(5-7-13)16(18)22-3)23(19,20)15-10-8-14(21-2)9-11-15/h4-11H,1-3H3. The van der Waals surface area contributed by atoms with Crippen LogP contribution >= 0.6 is 0 Å². The SMILES string of the molecule is COC(=O)c1ccc(N(C)S(=O)(=O)c2ccc(OC)cc2)cc1. The lowest BCUT2D eigenvalue weighted by atomic mass is 10.2. The van der Waals surface area contributed by atoms with Crippen molar-refractivity contribution in [1.82, 2.24) is 0 Å². The fourth-order valence-corrected chi connectivity index (χ4v) is 3.17. The van der Waals surface area contributed by atoms with Crippen LogP contribution < -0.4 is 9.04 Å². The Balaban J connectivity index is 2.30. The van der Waals surface area contributed by atoms with Crippen LogP contribution in [0.4, 0.5) is 5.69 Å². The number of rotatable bonds is 5. The summed E-state index contributed by atoms with van der Waals surface area (Å²) in [5, 5.41) is 0. The molecule has 0 aliphatic heterocycles. The number of anilines is 1. The number of esters is 1. The first-order valence-corrected chi connectivity index (χ1v) is 8.15. The molecule has 0 atom stereocenters. The molecule has 0 aliphatic rings. The Bertz CT molecular complexity index is 782. The van der Waals surface area contributed by atoms with Crippen LogP contribution in [0.25, 0.3) is 0 Å². The van der Waals surface area contributed by atoms with E-state index in [1.54, 1.807) is 24.3 Å². The van der Waals surface area contributed by atoms with Crippen molar-refractivity contribution < 1.29 is 22.7 Å². The molecule has 0 aromatic heterocycles. The molecule has 0 aliphatic carbocycles. The molecule has 2 aromatic rings. The second-order valence-electron chi connectivity index (χ2n) is 4.69. The van der Waals surface area contributed by atoms with Crippen LogP contribution in [-0.4, -0.2) is 35.7 Å². The molecule has 0 fully saturated rings. The van der Waals surface area contributed by atoms with E-state index in [0.717, 1.165) is 4.31 Å². The molecule has 0 radical (unpaired) electrons. The summed E-state index contributed by atoms with van der Waals surface area (Å²) in [6.07, 6.45) is 0. The van der Waals surface area contributed by atoms with Gasteiger partial charge in [0.15, 0.2) is 0 Å². The number of ether oxygens (including phenoxy) is 2. The maximum Gasteiger partial charge on any atom is 0.337 e. The van der Waals surface area contributed by atoms with Crippen molar-refractivity contribution in [3.63, 3.8) is 0 Å². The van der Waals surface area contributed by atoms with Crippen LogP contribution in [0.5, 0.6) is 5.75 Å². The fourth-order valence-electron chi connectivity index (χ4n) is 1.97. The van der Waals surface area contributed by atoms with Gasteiger partial charge < -0.3 is 9.47 Å². The molecule has 2 aromatic carbocycles. The van der Waals surface area contributed by atoms with Crippen molar-refractivity contribution in [1.29, 1.82) is 0 Å². The Morgan fingerprint density at radius 1 is 0.957 bits per heavy atom. The molecule has 7 heteroatoms.